The van der Waals surface area contributed by atoms with Crippen molar-refractivity contribution in [3.63, 3.8) is 0 Å². The number of ether oxygens (including phenoxy) is 1. The Morgan fingerprint density at radius 3 is 2.62 bits per heavy atom. The largest absolute Gasteiger partial charge is 0.478 e. The summed E-state index contributed by atoms with van der Waals surface area (Å²) in [5, 5.41) is 4.40. The second kappa shape index (κ2) is 7.65. The summed E-state index contributed by atoms with van der Waals surface area (Å²) in [6.07, 6.45) is 4.31. The Kier molecular flexibility index (Phi) is 5.19. The molecule has 0 N–H and O–H groups in total. The van der Waals surface area contributed by atoms with Gasteiger partial charge < -0.3 is 9.64 Å². The van der Waals surface area contributed by atoms with E-state index in [1.54, 1.807) is 27.7 Å². The van der Waals surface area contributed by atoms with Crippen molar-refractivity contribution in [1.82, 2.24) is 24.2 Å². The number of hydrogen-bond donors (Lipinski definition) is 0. The molecule has 2 aliphatic rings. The molecule has 0 spiro atoms. The van der Waals surface area contributed by atoms with Crippen molar-refractivity contribution in [2.24, 2.45) is 5.92 Å². The second-order valence-corrected chi connectivity index (χ2v) is 9.04. The molecule has 0 bridgehead atoms. The first-order chi connectivity index (χ1) is 13.8. The fourth-order valence-corrected chi connectivity index (χ4v) is 3.90. The number of fused-ring (bicyclic) bond motifs is 1. The molecular weight excluding hydrogens is 370 g/mol. The summed E-state index contributed by atoms with van der Waals surface area (Å²) >= 11 is 0. The molecule has 4 rings (SSSR count). The molecule has 8 nitrogen and oxygen atoms in total. The van der Waals surface area contributed by atoms with E-state index in [1.807, 2.05) is 4.90 Å². The first-order valence-corrected chi connectivity index (χ1v) is 10.4. The number of nitrogens with zero attached hydrogens (tertiary/aromatic N) is 5. The summed E-state index contributed by atoms with van der Waals surface area (Å²) in [7, 11) is 0. The zero-order chi connectivity index (χ0) is 20.6. The minimum Gasteiger partial charge on any atom is -0.478 e. The molecule has 0 aliphatic carbocycles. The van der Waals surface area contributed by atoms with E-state index in [2.05, 4.69) is 30.9 Å². The van der Waals surface area contributed by atoms with E-state index in [0.29, 0.717) is 43.7 Å². The normalized spacial score (nSPS) is 17.7. The third-order valence-corrected chi connectivity index (χ3v) is 5.73. The summed E-state index contributed by atoms with van der Waals surface area (Å²) in [6.45, 7) is 9.61. The fraction of sp³-hybridized carbons (Fsp3) is 0.619. The molecule has 1 amide bonds. The summed E-state index contributed by atoms with van der Waals surface area (Å²) in [5.74, 6) is 1.000. The number of aryl methyl sites for hydroxylation is 1. The van der Waals surface area contributed by atoms with E-state index in [4.69, 9.17) is 4.74 Å². The smallest absolute Gasteiger partial charge is 0.274 e. The van der Waals surface area contributed by atoms with Crippen molar-refractivity contribution in [1.29, 1.82) is 0 Å². The molecule has 2 aromatic rings. The zero-order valence-corrected chi connectivity index (χ0v) is 17.4. The predicted octanol–water partition coefficient (Wildman–Crippen LogP) is 2.07. The molecule has 4 heterocycles. The van der Waals surface area contributed by atoms with Gasteiger partial charge in [-0.25, -0.2) is 9.67 Å². The predicted molar refractivity (Wildman–Crippen MR) is 108 cm³/mol. The molecule has 0 unspecified atom stereocenters. The van der Waals surface area contributed by atoms with Gasteiger partial charge in [0.2, 0.25) is 5.88 Å². The molecular formula is C21H29N5O3. The van der Waals surface area contributed by atoms with Gasteiger partial charge in [-0.15, -0.1) is 0 Å². The van der Waals surface area contributed by atoms with Crippen LogP contribution in [0.1, 0.15) is 56.2 Å². The van der Waals surface area contributed by atoms with Crippen molar-refractivity contribution >= 4 is 5.91 Å². The van der Waals surface area contributed by atoms with Crippen LogP contribution < -0.4 is 10.3 Å². The van der Waals surface area contributed by atoms with Crippen molar-refractivity contribution in [2.75, 3.05) is 19.7 Å². The van der Waals surface area contributed by atoms with Crippen molar-refractivity contribution in [3.8, 4) is 5.88 Å². The highest BCUT2D eigenvalue weighted by Gasteiger charge is 2.27. The highest BCUT2D eigenvalue weighted by molar-refractivity contribution is 5.92. The Morgan fingerprint density at radius 1 is 1.21 bits per heavy atom. The van der Waals surface area contributed by atoms with Crippen LogP contribution in [0.3, 0.4) is 0 Å². The van der Waals surface area contributed by atoms with Gasteiger partial charge in [0.05, 0.1) is 18.6 Å². The number of likely N-dealkylation sites (tertiary alicyclic amines) is 1. The topological polar surface area (TPSA) is 82.2 Å². The maximum absolute atomic E-state index is 12.8. The Hall–Kier alpha value is -2.64. The quantitative estimate of drug-likeness (QED) is 0.789. The monoisotopic (exact) mass is 399 g/mol. The average Bonchev–Trinajstić information content (AvgIpc) is 3.13. The molecule has 0 aromatic carbocycles. The van der Waals surface area contributed by atoms with Gasteiger partial charge in [-0.3, -0.25) is 14.2 Å². The lowest BCUT2D eigenvalue weighted by Crippen LogP contribution is -2.40. The summed E-state index contributed by atoms with van der Waals surface area (Å²) in [4.78, 5) is 31.6. The maximum Gasteiger partial charge on any atom is 0.274 e. The van der Waals surface area contributed by atoms with Crippen LogP contribution >= 0.6 is 0 Å². The van der Waals surface area contributed by atoms with E-state index < -0.39 is 0 Å². The Labute approximate surface area is 170 Å². The van der Waals surface area contributed by atoms with Crippen LogP contribution in [0.25, 0.3) is 0 Å². The SMILES string of the molecule is CC(C)(C)c1cc(=O)n(CC2CCN(C(=O)c3cc4n(n3)CCCO4)CC2)cn1. The molecule has 29 heavy (non-hydrogen) atoms. The molecule has 1 fully saturated rings. The van der Waals surface area contributed by atoms with Gasteiger partial charge in [-0.2, -0.15) is 5.10 Å². The molecule has 0 saturated carbocycles. The fourth-order valence-electron chi connectivity index (χ4n) is 3.90. The number of carbonyl (C=O) groups is 1. The van der Waals surface area contributed by atoms with Gasteiger partial charge in [0.15, 0.2) is 5.69 Å². The lowest BCUT2D eigenvalue weighted by molar-refractivity contribution is 0.0675. The van der Waals surface area contributed by atoms with Crippen LogP contribution in [0.5, 0.6) is 5.88 Å². The molecule has 1 saturated heterocycles. The van der Waals surface area contributed by atoms with Gasteiger partial charge in [-0.1, -0.05) is 20.8 Å². The van der Waals surface area contributed by atoms with E-state index >= 15 is 0 Å². The van der Waals surface area contributed by atoms with Crippen molar-refractivity contribution < 1.29 is 9.53 Å². The van der Waals surface area contributed by atoms with Gasteiger partial charge in [-0.05, 0) is 18.8 Å². The van der Waals surface area contributed by atoms with E-state index in [9.17, 15) is 9.59 Å². The molecule has 0 radical (unpaired) electrons. The van der Waals surface area contributed by atoms with Crippen LogP contribution in [-0.4, -0.2) is 49.8 Å². The number of rotatable bonds is 3. The number of carbonyl (C=O) groups excluding carboxylic acids is 1. The van der Waals surface area contributed by atoms with Crippen LogP contribution in [0, 0.1) is 5.92 Å². The first kappa shape index (κ1) is 19.7. The van der Waals surface area contributed by atoms with Crippen molar-refractivity contribution in [3.05, 3.63) is 40.2 Å². The summed E-state index contributed by atoms with van der Waals surface area (Å²) in [5.41, 5.74) is 1.12. The number of hydrogen-bond acceptors (Lipinski definition) is 5. The van der Waals surface area contributed by atoms with Gasteiger partial charge in [0.1, 0.15) is 0 Å². The minimum atomic E-state index is -0.138. The number of amides is 1. The van der Waals surface area contributed by atoms with Crippen molar-refractivity contribution in [2.45, 2.75) is 58.5 Å². The van der Waals surface area contributed by atoms with Gasteiger partial charge >= 0.3 is 0 Å². The number of aromatic nitrogens is 4. The second-order valence-electron chi connectivity index (χ2n) is 9.04. The Bertz CT molecular complexity index is 924. The van der Waals surface area contributed by atoms with Crippen LogP contribution in [0.2, 0.25) is 0 Å². The lowest BCUT2D eigenvalue weighted by Gasteiger charge is -2.31. The van der Waals surface area contributed by atoms with E-state index in [0.717, 1.165) is 31.5 Å². The maximum atomic E-state index is 12.8. The molecule has 0 atom stereocenters. The average molecular weight is 399 g/mol. The third-order valence-electron chi connectivity index (χ3n) is 5.73. The number of piperidine rings is 1. The Balaban J connectivity index is 1.35. The third kappa shape index (κ3) is 4.21. The van der Waals surface area contributed by atoms with Crippen LogP contribution in [0.4, 0.5) is 0 Å². The molecule has 8 heteroatoms. The van der Waals surface area contributed by atoms with Crippen LogP contribution in [-0.2, 0) is 18.5 Å². The van der Waals surface area contributed by atoms with Crippen LogP contribution in [0.15, 0.2) is 23.3 Å². The lowest BCUT2D eigenvalue weighted by atomic mass is 9.92. The molecule has 2 aromatic heterocycles. The van der Waals surface area contributed by atoms with Gasteiger partial charge in [0, 0.05) is 50.1 Å². The zero-order valence-electron chi connectivity index (χ0n) is 17.4. The molecule has 156 valence electrons. The minimum absolute atomic E-state index is 0.00739. The highest BCUT2D eigenvalue weighted by atomic mass is 16.5. The van der Waals surface area contributed by atoms with E-state index in [-0.39, 0.29) is 16.9 Å². The molecule has 2 aliphatic heterocycles. The Morgan fingerprint density at radius 2 is 1.97 bits per heavy atom. The van der Waals surface area contributed by atoms with Gasteiger partial charge in [0.25, 0.3) is 11.5 Å². The highest BCUT2D eigenvalue weighted by Crippen LogP contribution is 2.23. The summed E-state index contributed by atoms with van der Waals surface area (Å²) in [6, 6.07) is 3.39. The standard InChI is InChI=1S/C21H29N5O3/c1-21(2,3)17-12-18(27)25(14-22-17)13-15-5-8-24(9-6-15)20(28)16-11-19-26(23-16)7-4-10-29-19/h11-12,14-15H,4-10,13H2,1-3H3. The van der Waals surface area contributed by atoms with E-state index in [1.165, 1.54) is 0 Å². The summed E-state index contributed by atoms with van der Waals surface area (Å²) < 4.78 is 9.02. The first-order valence-electron chi connectivity index (χ1n) is 10.4.